The highest BCUT2D eigenvalue weighted by atomic mass is 79.9. The second kappa shape index (κ2) is 7.44. The standard InChI is InChI=1S/C16H17BrCl2N4O/c1-21-16(24)14(17)13(9-20-21)23-7-5-22(6-8-23)10-11-3-2-4-12(18)15(11)19/h2-4,9H,5-8,10H2,1H3. The Labute approximate surface area is 158 Å². The number of hydrogen-bond acceptors (Lipinski definition) is 4. The predicted octanol–water partition coefficient (Wildman–Crippen LogP) is 3.17. The highest BCUT2D eigenvalue weighted by molar-refractivity contribution is 9.10. The highest BCUT2D eigenvalue weighted by Crippen LogP contribution is 2.27. The number of aromatic nitrogens is 2. The van der Waals surface area contributed by atoms with Gasteiger partial charge < -0.3 is 4.90 Å². The lowest BCUT2D eigenvalue weighted by atomic mass is 10.2. The molecule has 0 unspecified atom stereocenters. The van der Waals surface area contributed by atoms with Crippen molar-refractivity contribution in [3.8, 4) is 0 Å². The summed E-state index contributed by atoms with van der Waals surface area (Å²) in [5.41, 5.74) is 1.76. The number of hydrogen-bond donors (Lipinski definition) is 0. The Balaban J connectivity index is 1.67. The largest absolute Gasteiger partial charge is 0.367 e. The third-order valence-corrected chi connectivity index (χ3v) is 5.80. The number of piperazine rings is 1. The summed E-state index contributed by atoms with van der Waals surface area (Å²) in [7, 11) is 1.64. The van der Waals surface area contributed by atoms with E-state index in [0.717, 1.165) is 44.0 Å². The molecule has 2 heterocycles. The van der Waals surface area contributed by atoms with E-state index in [1.54, 1.807) is 19.3 Å². The summed E-state index contributed by atoms with van der Waals surface area (Å²) >= 11 is 15.7. The normalized spacial score (nSPS) is 15.8. The van der Waals surface area contributed by atoms with E-state index in [0.29, 0.717) is 14.5 Å². The maximum Gasteiger partial charge on any atom is 0.282 e. The van der Waals surface area contributed by atoms with E-state index in [4.69, 9.17) is 23.2 Å². The molecule has 0 N–H and O–H groups in total. The van der Waals surface area contributed by atoms with Gasteiger partial charge in [-0.3, -0.25) is 9.69 Å². The Bertz CT molecular complexity index is 803. The number of halogens is 3. The third-order valence-electron chi connectivity index (χ3n) is 4.20. The van der Waals surface area contributed by atoms with Gasteiger partial charge in [0, 0.05) is 39.8 Å². The first-order chi connectivity index (χ1) is 11.5. The number of benzene rings is 1. The molecule has 24 heavy (non-hydrogen) atoms. The zero-order valence-electron chi connectivity index (χ0n) is 13.2. The van der Waals surface area contributed by atoms with Crippen LogP contribution >= 0.6 is 39.1 Å². The first kappa shape index (κ1) is 17.7. The van der Waals surface area contributed by atoms with Crippen LogP contribution in [-0.4, -0.2) is 40.9 Å². The van der Waals surface area contributed by atoms with Crippen molar-refractivity contribution in [1.82, 2.24) is 14.7 Å². The summed E-state index contributed by atoms with van der Waals surface area (Å²) in [6.45, 7) is 4.18. The van der Waals surface area contributed by atoms with E-state index in [1.807, 2.05) is 12.1 Å². The Morgan fingerprint density at radius 3 is 2.62 bits per heavy atom. The Kier molecular flexibility index (Phi) is 5.49. The molecule has 1 aromatic heterocycles. The van der Waals surface area contributed by atoms with E-state index < -0.39 is 0 Å². The van der Waals surface area contributed by atoms with Crippen LogP contribution in [0.5, 0.6) is 0 Å². The summed E-state index contributed by atoms with van der Waals surface area (Å²) in [6, 6.07) is 5.72. The summed E-state index contributed by atoms with van der Waals surface area (Å²) in [6.07, 6.45) is 1.73. The van der Waals surface area contributed by atoms with Crippen molar-refractivity contribution >= 4 is 44.8 Å². The molecule has 1 aromatic carbocycles. The number of nitrogens with zero attached hydrogens (tertiary/aromatic N) is 4. The minimum atomic E-state index is -0.124. The van der Waals surface area contributed by atoms with Gasteiger partial charge in [-0.15, -0.1) is 0 Å². The van der Waals surface area contributed by atoms with Crippen molar-refractivity contribution in [2.75, 3.05) is 31.1 Å². The van der Waals surface area contributed by atoms with E-state index in [9.17, 15) is 4.79 Å². The van der Waals surface area contributed by atoms with Crippen LogP contribution in [0.25, 0.3) is 0 Å². The molecule has 0 bridgehead atoms. The van der Waals surface area contributed by atoms with Gasteiger partial charge in [-0.1, -0.05) is 35.3 Å². The van der Waals surface area contributed by atoms with E-state index >= 15 is 0 Å². The molecule has 0 aliphatic carbocycles. The summed E-state index contributed by atoms with van der Waals surface area (Å²) in [5, 5.41) is 5.32. The van der Waals surface area contributed by atoms with Crippen LogP contribution in [0.3, 0.4) is 0 Å². The van der Waals surface area contributed by atoms with Gasteiger partial charge in [0.15, 0.2) is 0 Å². The lowest BCUT2D eigenvalue weighted by molar-refractivity contribution is 0.249. The minimum absolute atomic E-state index is 0.124. The van der Waals surface area contributed by atoms with Crippen molar-refractivity contribution < 1.29 is 0 Å². The Morgan fingerprint density at radius 1 is 1.21 bits per heavy atom. The summed E-state index contributed by atoms with van der Waals surface area (Å²) in [4.78, 5) is 16.5. The fraction of sp³-hybridized carbons (Fsp3) is 0.375. The van der Waals surface area contributed by atoms with Crippen LogP contribution in [0.4, 0.5) is 5.69 Å². The maximum atomic E-state index is 12.0. The molecule has 0 atom stereocenters. The molecule has 1 fully saturated rings. The fourth-order valence-electron chi connectivity index (χ4n) is 2.78. The molecule has 1 aliphatic rings. The molecule has 128 valence electrons. The zero-order valence-corrected chi connectivity index (χ0v) is 16.3. The fourth-order valence-corrected chi connectivity index (χ4v) is 3.77. The van der Waals surface area contributed by atoms with Crippen LogP contribution in [0, 0.1) is 0 Å². The van der Waals surface area contributed by atoms with Gasteiger partial charge in [-0.2, -0.15) is 5.10 Å². The van der Waals surface area contributed by atoms with Crippen LogP contribution < -0.4 is 10.5 Å². The molecule has 2 aromatic rings. The van der Waals surface area contributed by atoms with Crippen LogP contribution in [0.1, 0.15) is 5.56 Å². The maximum absolute atomic E-state index is 12.0. The third kappa shape index (κ3) is 3.61. The quantitative estimate of drug-likeness (QED) is 0.748. The van der Waals surface area contributed by atoms with Gasteiger partial charge in [-0.25, -0.2) is 4.68 Å². The molecule has 8 heteroatoms. The van der Waals surface area contributed by atoms with Crippen molar-refractivity contribution in [1.29, 1.82) is 0 Å². The number of rotatable bonds is 3. The first-order valence-corrected chi connectivity index (χ1v) is 9.14. The molecule has 0 radical (unpaired) electrons. The molecule has 1 aliphatic heterocycles. The zero-order chi connectivity index (χ0) is 17.3. The van der Waals surface area contributed by atoms with Gasteiger partial charge in [0.1, 0.15) is 4.47 Å². The minimum Gasteiger partial charge on any atom is -0.367 e. The average Bonchev–Trinajstić information content (AvgIpc) is 2.58. The van der Waals surface area contributed by atoms with Crippen molar-refractivity contribution in [3.63, 3.8) is 0 Å². The highest BCUT2D eigenvalue weighted by Gasteiger charge is 2.21. The Morgan fingerprint density at radius 2 is 1.92 bits per heavy atom. The van der Waals surface area contributed by atoms with Crippen LogP contribution in [0.15, 0.2) is 33.7 Å². The smallest absolute Gasteiger partial charge is 0.282 e. The van der Waals surface area contributed by atoms with Gasteiger partial charge in [0.2, 0.25) is 0 Å². The SMILES string of the molecule is Cn1ncc(N2CCN(Cc3cccc(Cl)c3Cl)CC2)c(Br)c1=O. The Hall–Kier alpha value is -1.08. The van der Waals surface area contributed by atoms with Crippen molar-refractivity contribution in [3.05, 3.63) is 54.8 Å². The van der Waals surface area contributed by atoms with Gasteiger partial charge >= 0.3 is 0 Å². The van der Waals surface area contributed by atoms with Gasteiger partial charge in [0.25, 0.3) is 5.56 Å². The lowest BCUT2D eigenvalue weighted by Gasteiger charge is -2.36. The number of aryl methyl sites for hydroxylation is 1. The topological polar surface area (TPSA) is 41.4 Å². The second-order valence-electron chi connectivity index (χ2n) is 5.75. The van der Waals surface area contributed by atoms with Crippen molar-refractivity contribution in [2.24, 2.45) is 7.05 Å². The van der Waals surface area contributed by atoms with Gasteiger partial charge in [-0.05, 0) is 27.6 Å². The molecule has 5 nitrogen and oxygen atoms in total. The molecular formula is C16H17BrCl2N4O. The van der Waals surface area contributed by atoms with Crippen LogP contribution in [0.2, 0.25) is 10.0 Å². The lowest BCUT2D eigenvalue weighted by Crippen LogP contribution is -2.46. The van der Waals surface area contributed by atoms with Gasteiger partial charge in [0.05, 0.1) is 21.9 Å². The van der Waals surface area contributed by atoms with E-state index in [-0.39, 0.29) is 5.56 Å². The molecule has 0 amide bonds. The molecule has 0 saturated carbocycles. The monoisotopic (exact) mass is 430 g/mol. The van der Waals surface area contributed by atoms with Crippen LogP contribution in [-0.2, 0) is 13.6 Å². The molecular weight excluding hydrogens is 415 g/mol. The van der Waals surface area contributed by atoms with Crippen molar-refractivity contribution in [2.45, 2.75) is 6.54 Å². The predicted molar refractivity (Wildman–Crippen MR) is 101 cm³/mol. The molecule has 1 saturated heterocycles. The average molecular weight is 432 g/mol. The molecule has 0 spiro atoms. The van der Waals surface area contributed by atoms with E-state index in [2.05, 4.69) is 30.8 Å². The second-order valence-corrected chi connectivity index (χ2v) is 7.33. The summed E-state index contributed by atoms with van der Waals surface area (Å²) in [5.74, 6) is 0. The van der Waals surface area contributed by atoms with E-state index in [1.165, 1.54) is 4.68 Å². The summed E-state index contributed by atoms with van der Waals surface area (Å²) < 4.78 is 1.89. The number of anilines is 1. The first-order valence-electron chi connectivity index (χ1n) is 7.59. The molecule has 3 rings (SSSR count).